The number of nitrogens with one attached hydrogen (secondary N) is 1. The molecule has 0 aliphatic heterocycles. The number of hydrogen-bond donors (Lipinski definition) is 1. The van der Waals surface area contributed by atoms with Crippen LogP contribution in [0.3, 0.4) is 0 Å². The summed E-state index contributed by atoms with van der Waals surface area (Å²) in [6, 6.07) is 14.5. The molecule has 0 heterocycles. The van der Waals surface area contributed by atoms with Crippen molar-refractivity contribution < 1.29 is 4.74 Å². The number of halogens is 1. The summed E-state index contributed by atoms with van der Waals surface area (Å²) in [6.45, 7) is 2.88. The molecule has 3 heteroatoms. The molecular formula is C17H18ClNO. The Morgan fingerprint density at radius 2 is 2.05 bits per heavy atom. The van der Waals surface area contributed by atoms with Crippen molar-refractivity contribution in [1.29, 1.82) is 0 Å². The van der Waals surface area contributed by atoms with E-state index in [9.17, 15) is 0 Å². The molecule has 104 valence electrons. The highest BCUT2D eigenvalue weighted by atomic mass is 35.5. The minimum atomic E-state index is 0.678. The molecule has 1 fully saturated rings. The molecule has 0 aromatic heterocycles. The van der Waals surface area contributed by atoms with Gasteiger partial charge in [-0.15, -0.1) is 0 Å². The van der Waals surface area contributed by atoms with E-state index in [1.807, 2.05) is 36.4 Å². The first-order valence-electron chi connectivity index (χ1n) is 6.97. The van der Waals surface area contributed by atoms with Crippen molar-refractivity contribution in [2.45, 2.75) is 32.4 Å². The molecule has 2 aromatic carbocycles. The van der Waals surface area contributed by atoms with E-state index in [2.05, 4.69) is 18.3 Å². The summed E-state index contributed by atoms with van der Waals surface area (Å²) in [5.41, 5.74) is 2.32. The average Bonchev–Trinajstić information content (AvgIpc) is 3.22. The Hall–Kier alpha value is -1.51. The van der Waals surface area contributed by atoms with Crippen LogP contribution in [0.2, 0.25) is 5.02 Å². The predicted molar refractivity (Wildman–Crippen MR) is 82.6 cm³/mol. The molecule has 1 aliphatic carbocycles. The van der Waals surface area contributed by atoms with E-state index in [-0.39, 0.29) is 0 Å². The van der Waals surface area contributed by atoms with Crippen LogP contribution in [0.5, 0.6) is 11.5 Å². The van der Waals surface area contributed by atoms with Gasteiger partial charge in [0.2, 0.25) is 0 Å². The Labute approximate surface area is 124 Å². The average molecular weight is 288 g/mol. The molecule has 0 bridgehead atoms. The maximum atomic E-state index is 6.09. The summed E-state index contributed by atoms with van der Waals surface area (Å²) in [5, 5.41) is 4.20. The van der Waals surface area contributed by atoms with E-state index in [0.29, 0.717) is 11.1 Å². The van der Waals surface area contributed by atoms with Gasteiger partial charge in [0.25, 0.3) is 0 Å². The molecular weight excluding hydrogens is 270 g/mol. The lowest BCUT2D eigenvalue weighted by Gasteiger charge is -2.12. The summed E-state index contributed by atoms with van der Waals surface area (Å²) in [7, 11) is 0. The fraction of sp³-hybridized carbons (Fsp3) is 0.294. The lowest BCUT2D eigenvalue weighted by molar-refractivity contribution is 0.472. The fourth-order valence-corrected chi connectivity index (χ4v) is 2.28. The van der Waals surface area contributed by atoms with Crippen molar-refractivity contribution in [2.75, 3.05) is 0 Å². The van der Waals surface area contributed by atoms with E-state index in [1.165, 1.54) is 18.4 Å². The van der Waals surface area contributed by atoms with Gasteiger partial charge in [0.1, 0.15) is 11.5 Å². The van der Waals surface area contributed by atoms with Crippen molar-refractivity contribution in [1.82, 2.24) is 5.32 Å². The topological polar surface area (TPSA) is 21.3 Å². The van der Waals surface area contributed by atoms with E-state index in [4.69, 9.17) is 16.3 Å². The number of benzene rings is 2. The van der Waals surface area contributed by atoms with Gasteiger partial charge in [0, 0.05) is 23.2 Å². The summed E-state index contributed by atoms with van der Waals surface area (Å²) < 4.78 is 6.00. The predicted octanol–water partition coefficient (Wildman–Crippen LogP) is 4.69. The summed E-state index contributed by atoms with van der Waals surface area (Å²) in [4.78, 5) is 0. The maximum Gasteiger partial charge on any atom is 0.133 e. The van der Waals surface area contributed by atoms with Gasteiger partial charge in [0.15, 0.2) is 0 Å². The largest absolute Gasteiger partial charge is 0.457 e. The van der Waals surface area contributed by atoms with Crippen molar-refractivity contribution in [3.05, 3.63) is 58.6 Å². The standard InChI is InChI=1S/C17H18ClNO/c1-12-3-2-4-16(9-12)20-17-10-14(18)6-5-13(17)11-19-15-7-8-15/h2-6,9-10,15,19H,7-8,11H2,1H3. The molecule has 0 amide bonds. The van der Waals surface area contributed by atoms with Crippen LogP contribution >= 0.6 is 11.6 Å². The van der Waals surface area contributed by atoms with Crippen molar-refractivity contribution in [3.63, 3.8) is 0 Å². The molecule has 0 spiro atoms. The number of aryl methyl sites for hydroxylation is 1. The van der Waals surface area contributed by atoms with Crippen molar-refractivity contribution in [2.24, 2.45) is 0 Å². The first-order chi connectivity index (χ1) is 9.70. The van der Waals surface area contributed by atoms with Crippen LogP contribution in [0.4, 0.5) is 0 Å². The van der Waals surface area contributed by atoms with Gasteiger partial charge in [-0.25, -0.2) is 0 Å². The van der Waals surface area contributed by atoms with Crippen LogP contribution in [-0.2, 0) is 6.54 Å². The number of ether oxygens (including phenoxy) is 1. The quantitative estimate of drug-likeness (QED) is 0.861. The Kier molecular flexibility index (Phi) is 3.95. The first kappa shape index (κ1) is 13.5. The highest BCUT2D eigenvalue weighted by molar-refractivity contribution is 6.30. The zero-order valence-corrected chi connectivity index (χ0v) is 12.3. The minimum Gasteiger partial charge on any atom is -0.457 e. The molecule has 3 rings (SSSR count). The highest BCUT2D eigenvalue weighted by Gasteiger charge is 2.20. The van der Waals surface area contributed by atoms with E-state index >= 15 is 0 Å². The van der Waals surface area contributed by atoms with Crippen LogP contribution in [0.25, 0.3) is 0 Å². The maximum absolute atomic E-state index is 6.09. The van der Waals surface area contributed by atoms with E-state index in [1.54, 1.807) is 0 Å². The van der Waals surface area contributed by atoms with Gasteiger partial charge in [-0.05, 0) is 49.6 Å². The molecule has 2 nitrogen and oxygen atoms in total. The SMILES string of the molecule is Cc1cccc(Oc2cc(Cl)ccc2CNC2CC2)c1. The van der Waals surface area contributed by atoms with Crippen LogP contribution in [0.1, 0.15) is 24.0 Å². The second kappa shape index (κ2) is 5.86. The molecule has 0 saturated heterocycles. The van der Waals surface area contributed by atoms with Gasteiger partial charge in [-0.3, -0.25) is 0 Å². The van der Waals surface area contributed by atoms with Crippen molar-refractivity contribution >= 4 is 11.6 Å². The van der Waals surface area contributed by atoms with Crippen molar-refractivity contribution in [3.8, 4) is 11.5 Å². The van der Waals surface area contributed by atoms with Crippen LogP contribution in [0, 0.1) is 6.92 Å². The first-order valence-corrected chi connectivity index (χ1v) is 7.35. The Morgan fingerprint density at radius 1 is 1.20 bits per heavy atom. The lowest BCUT2D eigenvalue weighted by atomic mass is 10.2. The molecule has 1 saturated carbocycles. The summed E-state index contributed by atoms with van der Waals surface area (Å²) in [6.07, 6.45) is 2.56. The van der Waals surface area contributed by atoms with Crippen LogP contribution in [-0.4, -0.2) is 6.04 Å². The normalized spacial score (nSPS) is 14.3. The molecule has 0 atom stereocenters. The molecule has 0 radical (unpaired) electrons. The zero-order valence-electron chi connectivity index (χ0n) is 11.5. The van der Waals surface area contributed by atoms with Gasteiger partial charge in [0.05, 0.1) is 0 Å². The summed E-state index contributed by atoms with van der Waals surface area (Å²) in [5.74, 6) is 1.68. The lowest BCUT2D eigenvalue weighted by Crippen LogP contribution is -2.15. The zero-order chi connectivity index (χ0) is 13.9. The van der Waals surface area contributed by atoms with Gasteiger partial charge in [-0.1, -0.05) is 29.8 Å². The van der Waals surface area contributed by atoms with Gasteiger partial charge < -0.3 is 10.1 Å². The van der Waals surface area contributed by atoms with Gasteiger partial charge in [-0.2, -0.15) is 0 Å². The third-order valence-electron chi connectivity index (χ3n) is 3.41. The Balaban J connectivity index is 1.80. The number of hydrogen-bond acceptors (Lipinski definition) is 2. The van der Waals surface area contributed by atoms with Gasteiger partial charge >= 0.3 is 0 Å². The Morgan fingerprint density at radius 3 is 2.80 bits per heavy atom. The molecule has 1 N–H and O–H groups in total. The third kappa shape index (κ3) is 3.53. The Bertz CT molecular complexity index is 608. The summed E-state index contributed by atoms with van der Waals surface area (Å²) >= 11 is 6.09. The van der Waals surface area contributed by atoms with Crippen LogP contribution < -0.4 is 10.1 Å². The van der Waals surface area contributed by atoms with E-state index < -0.39 is 0 Å². The second-order valence-corrected chi connectivity index (χ2v) is 5.76. The molecule has 0 unspecified atom stereocenters. The monoisotopic (exact) mass is 287 g/mol. The van der Waals surface area contributed by atoms with E-state index in [0.717, 1.165) is 23.6 Å². The molecule has 2 aromatic rings. The molecule has 1 aliphatic rings. The highest BCUT2D eigenvalue weighted by Crippen LogP contribution is 2.29. The molecule has 20 heavy (non-hydrogen) atoms. The smallest absolute Gasteiger partial charge is 0.133 e. The fourth-order valence-electron chi connectivity index (χ4n) is 2.12. The third-order valence-corrected chi connectivity index (χ3v) is 3.64. The van der Waals surface area contributed by atoms with Crippen LogP contribution in [0.15, 0.2) is 42.5 Å². The minimum absolute atomic E-state index is 0.678. The second-order valence-electron chi connectivity index (χ2n) is 5.33. The number of rotatable bonds is 5.